The Balaban J connectivity index is 2.09. The average Bonchev–Trinajstić information content (AvgIpc) is 2.54. The topological polar surface area (TPSA) is 29.5 Å². The van der Waals surface area contributed by atoms with Gasteiger partial charge in [0.1, 0.15) is 5.75 Å². The van der Waals surface area contributed by atoms with Crippen LogP contribution >= 0.6 is 0 Å². The molecule has 0 aliphatic heterocycles. The Labute approximate surface area is 97.3 Å². The van der Waals surface area contributed by atoms with Crippen molar-refractivity contribution in [1.82, 2.24) is 0 Å². The van der Waals surface area contributed by atoms with Gasteiger partial charge in [-0.1, -0.05) is 25.0 Å². The van der Waals surface area contributed by atoms with E-state index < -0.39 is 0 Å². The molecule has 2 heteroatoms. The van der Waals surface area contributed by atoms with Gasteiger partial charge < -0.3 is 9.84 Å². The SMILES string of the molecule is COc1ccc(C2CCCCC(O)C2)cc1. The number of methoxy groups -OCH3 is 1. The van der Waals surface area contributed by atoms with E-state index >= 15 is 0 Å². The van der Waals surface area contributed by atoms with Crippen LogP contribution in [0.4, 0.5) is 0 Å². The first kappa shape index (κ1) is 11.5. The molecule has 2 unspecified atom stereocenters. The predicted molar refractivity (Wildman–Crippen MR) is 64.8 cm³/mol. The van der Waals surface area contributed by atoms with Crippen LogP contribution in [0.25, 0.3) is 0 Å². The summed E-state index contributed by atoms with van der Waals surface area (Å²) in [6, 6.07) is 8.27. The van der Waals surface area contributed by atoms with Gasteiger partial charge in [0, 0.05) is 0 Å². The lowest BCUT2D eigenvalue weighted by atomic mass is 9.91. The monoisotopic (exact) mass is 220 g/mol. The summed E-state index contributed by atoms with van der Waals surface area (Å²) in [6.07, 6.45) is 5.35. The van der Waals surface area contributed by atoms with Crippen molar-refractivity contribution >= 4 is 0 Å². The average molecular weight is 220 g/mol. The Morgan fingerprint density at radius 2 is 1.81 bits per heavy atom. The fourth-order valence-corrected chi connectivity index (χ4v) is 2.51. The van der Waals surface area contributed by atoms with Gasteiger partial charge in [0.05, 0.1) is 13.2 Å². The third kappa shape index (κ3) is 2.76. The van der Waals surface area contributed by atoms with Crippen LogP contribution in [0, 0.1) is 0 Å². The molecule has 0 aromatic heterocycles. The highest BCUT2D eigenvalue weighted by Crippen LogP contribution is 2.32. The van der Waals surface area contributed by atoms with Gasteiger partial charge in [-0.25, -0.2) is 0 Å². The van der Waals surface area contributed by atoms with Gasteiger partial charge in [-0.05, 0) is 42.9 Å². The van der Waals surface area contributed by atoms with E-state index in [2.05, 4.69) is 12.1 Å². The minimum absolute atomic E-state index is 0.116. The minimum Gasteiger partial charge on any atom is -0.497 e. The van der Waals surface area contributed by atoms with Crippen LogP contribution in [0.5, 0.6) is 5.75 Å². The maximum atomic E-state index is 9.80. The molecule has 2 nitrogen and oxygen atoms in total. The lowest BCUT2D eigenvalue weighted by Crippen LogP contribution is -2.09. The molecular formula is C14H20O2. The minimum atomic E-state index is -0.116. The van der Waals surface area contributed by atoms with E-state index in [-0.39, 0.29) is 6.10 Å². The molecule has 88 valence electrons. The zero-order valence-electron chi connectivity index (χ0n) is 9.86. The molecule has 2 rings (SSSR count). The van der Waals surface area contributed by atoms with E-state index in [1.165, 1.54) is 18.4 Å². The maximum Gasteiger partial charge on any atom is 0.118 e. The summed E-state index contributed by atoms with van der Waals surface area (Å²) < 4.78 is 5.15. The standard InChI is InChI=1S/C14H20O2/c1-16-14-8-6-11(7-9-14)12-4-2-3-5-13(15)10-12/h6-9,12-13,15H,2-5,10H2,1H3. The molecule has 1 aliphatic rings. The lowest BCUT2D eigenvalue weighted by Gasteiger charge is -2.17. The van der Waals surface area contributed by atoms with Crippen molar-refractivity contribution < 1.29 is 9.84 Å². The van der Waals surface area contributed by atoms with Gasteiger partial charge in [0.25, 0.3) is 0 Å². The summed E-state index contributed by atoms with van der Waals surface area (Å²) >= 11 is 0. The van der Waals surface area contributed by atoms with Gasteiger partial charge in [-0.3, -0.25) is 0 Å². The summed E-state index contributed by atoms with van der Waals surface area (Å²) in [6.45, 7) is 0. The van der Waals surface area contributed by atoms with E-state index in [4.69, 9.17) is 4.74 Å². The third-order valence-electron chi connectivity index (χ3n) is 3.48. The third-order valence-corrected chi connectivity index (χ3v) is 3.48. The quantitative estimate of drug-likeness (QED) is 0.776. The molecule has 1 N–H and O–H groups in total. The second-order valence-electron chi connectivity index (χ2n) is 4.64. The van der Waals surface area contributed by atoms with Gasteiger partial charge in [0.15, 0.2) is 0 Å². The van der Waals surface area contributed by atoms with Crippen LogP contribution in [-0.4, -0.2) is 18.3 Å². The van der Waals surface area contributed by atoms with Gasteiger partial charge in [-0.15, -0.1) is 0 Å². The number of benzene rings is 1. The summed E-state index contributed by atoms with van der Waals surface area (Å²) in [7, 11) is 1.68. The molecule has 16 heavy (non-hydrogen) atoms. The van der Waals surface area contributed by atoms with Crippen molar-refractivity contribution in [2.24, 2.45) is 0 Å². The molecule has 1 fully saturated rings. The zero-order valence-corrected chi connectivity index (χ0v) is 9.86. The number of hydrogen-bond donors (Lipinski definition) is 1. The first-order valence-electron chi connectivity index (χ1n) is 6.11. The molecule has 0 amide bonds. The Bertz CT molecular complexity index is 318. The number of aliphatic hydroxyl groups excluding tert-OH is 1. The van der Waals surface area contributed by atoms with Crippen molar-refractivity contribution in [3.8, 4) is 5.75 Å². The Hall–Kier alpha value is -1.02. The smallest absolute Gasteiger partial charge is 0.118 e. The van der Waals surface area contributed by atoms with E-state index in [0.717, 1.165) is 25.0 Å². The van der Waals surface area contributed by atoms with Crippen LogP contribution < -0.4 is 4.74 Å². The Morgan fingerprint density at radius 1 is 1.12 bits per heavy atom. The van der Waals surface area contributed by atoms with Crippen molar-refractivity contribution in [2.45, 2.75) is 44.1 Å². The number of hydrogen-bond acceptors (Lipinski definition) is 2. The molecule has 2 atom stereocenters. The van der Waals surface area contributed by atoms with E-state index in [0.29, 0.717) is 5.92 Å². The summed E-state index contributed by atoms with van der Waals surface area (Å²) in [5, 5.41) is 9.80. The van der Waals surface area contributed by atoms with Gasteiger partial charge in [-0.2, -0.15) is 0 Å². The van der Waals surface area contributed by atoms with E-state index in [1.54, 1.807) is 7.11 Å². The number of aliphatic hydroxyl groups is 1. The normalized spacial score (nSPS) is 26.1. The highest BCUT2D eigenvalue weighted by atomic mass is 16.5. The largest absolute Gasteiger partial charge is 0.497 e. The highest BCUT2D eigenvalue weighted by molar-refractivity contribution is 5.29. The van der Waals surface area contributed by atoms with Crippen LogP contribution in [0.2, 0.25) is 0 Å². The van der Waals surface area contributed by atoms with E-state index in [9.17, 15) is 5.11 Å². The zero-order chi connectivity index (χ0) is 11.4. The molecule has 0 bridgehead atoms. The van der Waals surface area contributed by atoms with Gasteiger partial charge in [0.2, 0.25) is 0 Å². The molecule has 0 spiro atoms. The molecule has 0 heterocycles. The van der Waals surface area contributed by atoms with Crippen LogP contribution in [0.15, 0.2) is 24.3 Å². The Morgan fingerprint density at radius 3 is 2.50 bits per heavy atom. The van der Waals surface area contributed by atoms with Crippen LogP contribution in [0.3, 0.4) is 0 Å². The van der Waals surface area contributed by atoms with Crippen molar-refractivity contribution in [3.63, 3.8) is 0 Å². The Kier molecular flexibility index (Phi) is 3.83. The fraction of sp³-hybridized carbons (Fsp3) is 0.571. The maximum absolute atomic E-state index is 9.80. The van der Waals surface area contributed by atoms with Crippen LogP contribution in [0.1, 0.15) is 43.6 Å². The van der Waals surface area contributed by atoms with Crippen LogP contribution in [-0.2, 0) is 0 Å². The van der Waals surface area contributed by atoms with Crippen molar-refractivity contribution in [1.29, 1.82) is 0 Å². The van der Waals surface area contributed by atoms with Crippen molar-refractivity contribution in [3.05, 3.63) is 29.8 Å². The summed E-state index contributed by atoms with van der Waals surface area (Å²) in [5.74, 6) is 1.42. The second kappa shape index (κ2) is 5.35. The first-order valence-corrected chi connectivity index (χ1v) is 6.11. The lowest BCUT2D eigenvalue weighted by molar-refractivity contribution is 0.152. The number of rotatable bonds is 2. The summed E-state index contributed by atoms with van der Waals surface area (Å²) in [5.41, 5.74) is 1.33. The molecule has 1 aliphatic carbocycles. The first-order chi connectivity index (χ1) is 7.79. The molecule has 0 saturated heterocycles. The molecule has 0 radical (unpaired) electrons. The predicted octanol–water partition coefficient (Wildman–Crippen LogP) is 3.10. The molecule has 1 aromatic carbocycles. The number of ether oxygens (including phenoxy) is 1. The molecular weight excluding hydrogens is 200 g/mol. The van der Waals surface area contributed by atoms with Crippen molar-refractivity contribution in [2.75, 3.05) is 7.11 Å². The fourth-order valence-electron chi connectivity index (χ4n) is 2.51. The van der Waals surface area contributed by atoms with Gasteiger partial charge >= 0.3 is 0 Å². The second-order valence-corrected chi connectivity index (χ2v) is 4.64. The molecule has 1 aromatic rings. The highest BCUT2D eigenvalue weighted by Gasteiger charge is 2.19. The molecule has 1 saturated carbocycles. The van der Waals surface area contributed by atoms with E-state index in [1.807, 2.05) is 12.1 Å². The summed E-state index contributed by atoms with van der Waals surface area (Å²) in [4.78, 5) is 0.